The summed E-state index contributed by atoms with van der Waals surface area (Å²) in [6.45, 7) is 8.13. The van der Waals surface area contributed by atoms with Crippen molar-refractivity contribution in [2.75, 3.05) is 23.1 Å². The quantitative estimate of drug-likeness (QED) is 0.343. The average molecular weight is 511 g/mol. The number of hydrogen-bond donors (Lipinski definition) is 1. The first kappa shape index (κ1) is 26.8. The number of anilines is 1. The lowest BCUT2D eigenvalue weighted by Gasteiger charge is -2.25. The lowest BCUT2D eigenvalue weighted by Crippen LogP contribution is -2.41. The van der Waals surface area contributed by atoms with Crippen LogP contribution in [0.1, 0.15) is 34.2 Å². The third-order valence-electron chi connectivity index (χ3n) is 5.85. The van der Waals surface area contributed by atoms with Gasteiger partial charge >= 0.3 is 0 Å². The Hall–Kier alpha value is -2.77. The normalized spacial score (nSPS) is 11.3. The van der Waals surface area contributed by atoms with Crippen LogP contribution in [-0.4, -0.2) is 33.2 Å². The van der Waals surface area contributed by atoms with E-state index in [4.69, 9.17) is 0 Å². The molecule has 0 aliphatic carbocycles. The monoisotopic (exact) mass is 510 g/mol. The topological polar surface area (TPSA) is 66.5 Å². The Morgan fingerprint density at radius 2 is 1.49 bits per heavy atom. The molecule has 0 saturated carbocycles. The maximum absolute atomic E-state index is 13.5. The van der Waals surface area contributed by atoms with Crippen molar-refractivity contribution in [1.29, 1.82) is 0 Å². The van der Waals surface area contributed by atoms with Gasteiger partial charge in [-0.1, -0.05) is 53.6 Å². The van der Waals surface area contributed by atoms with Gasteiger partial charge < -0.3 is 5.32 Å². The number of nitrogens with one attached hydrogen (secondary N) is 1. The maximum atomic E-state index is 13.5. The molecule has 0 spiro atoms. The van der Waals surface area contributed by atoms with Gasteiger partial charge in [0.25, 0.3) is 10.0 Å². The van der Waals surface area contributed by atoms with E-state index in [0.29, 0.717) is 12.2 Å². The number of carbonyl (C=O) groups excluding carboxylic acids is 1. The van der Waals surface area contributed by atoms with Crippen molar-refractivity contribution in [3.05, 3.63) is 94.5 Å². The third kappa shape index (κ3) is 7.61. The Kier molecular flexibility index (Phi) is 9.40. The molecule has 0 unspecified atom stereocenters. The number of rotatable bonds is 11. The van der Waals surface area contributed by atoms with Crippen molar-refractivity contribution in [2.45, 2.75) is 44.8 Å². The molecule has 3 rings (SSSR count). The summed E-state index contributed by atoms with van der Waals surface area (Å²) in [5, 5.41) is 2.89. The first-order valence-electron chi connectivity index (χ1n) is 11.7. The van der Waals surface area contributed by atoms with Gasteiger partial charge in [-0.15, -0.1) is 0 Å². The summed E-state index contributed by atoms with van der Waals surface area (Å²) in [4.78, 5) is 12.9. The van der Waals surface area contributed by atoms with E-state index in [1.807, 2.05) is 44.7 Å². The molecule has 1 N–H and O–H groups in total. The van der Waals surface area contributed by atoms with Crippen LogP contribution in [0.2, 0.25) is 0 Å². The molecule has 3 aromatic rings. The molecule has 3 aromatic carbocycles. The minimum atomic E-state index is -3.90. The Morgan fingerprint density at radius 1 is 0.857 bits per heavy atom. The number of sulfonamides is 1. The molecule has 1 amide bonds. The molecule has 0 aliphatic rings. The molecule has 35 heavy (non-hydrogen) atoms. The number of benzene rings is 3. The fraction of sp³-hybridized carbons (Fsp3) is 0.321. The van der Waals surface area contributed by atoms with Crippen molar-refractivity contribution >= 4 is 33.4 Å². The summed E-state index contributed by atoms with van der Waals surface area (Å²) in [6, 6.07) is 20.7. The minimum absolute atomic E-state index is 0.168. The number of hydrogen-bond acceptors (Lipinski definition) is 4. The highest BCUT2D eigenvalue weighted by Crippen LogP contribution is 2.26. The Balaban J connectivity index is 1.61. The highest BCUT2D eigenvalue weighted by atomic mass is 32.2. The number of thioether (sulfide) groups is 1. The van der Waals surface area contributed by atoms with Gasteiger partial charge in [-0.3, -0.25) is 9.10 Å². The van der Waals surface area contributed by atoms with Crippen LogP contribution in [0.15, 0.2) is 71.6 Å². The van der Waals surface area contributed by atoms with E-state index in [-0.39, 0.29) is 17.3 Å². The van der Waals surface area contributed by atoms with Crippen LogP contribution in [0.4, 0.5) is 5.69 Å². The van der Waals surface area contributed by atoms with Gasteiger partial charge in [0.2, 0.25) is 5.91 Å². The molecule has 0 aromatic heterocycles. The second-order valence-corrected chi connectivity index (χ2v) is 11.8. The van der Waals surface area contributed by atoms with Crippen molar-refractivity contribution in [3.8, 4) is 0 Å². The van der Waals surface area contributed by atoms with Crippen molar-refractivity contribution < 1.29 is 13.2 Å². The van der Waals surface area contributed by atoms with Crippen molar-refractivity contribution in [3.63, 3.8) is 0 Å². The number of nitrogens with zero attached hydrogens (tertiary/aromatic N) is 1. The van der Waals surface area contributed by atoms with Gasteiger partial charge in [-0.05, 0) is 80.8 Å². The predicted molar refractivity (Wildman–Crippen MR) is 147 cm³/mol. The largest absolute Gasteiger partial charge is 0.354 e. The van der Waals surface area contributed by atoms with E-state index < -0.39 is 10.0 Å². The number of carbonyl (C=O) groups is 1. The minimum Gasteiger partial charge on any atom is -0.354 e. The SMILES string of the molecule is Cc1ccc(CSCCCNC(=O)CN(c2ccc(C)c(C)c2)S(=O)(=O)c2ccc(C)cc2)cc1. The predicted octanol–water partition coefficient (Wildman–Crippen LogP) is 5.56. The summed E-state index contributed by atoms with van der Waals surface area (Å²) in [6.07, 6.45) is 0.816. The van der Waals surface area contributed by atoms with Crippen LogP contribution in [0.3, 0.4) is 0 Å². The fourth-order valence-electron chi connectivity index (χ4n) is 3.50. The summed E-state index contributed by atoms with van der Waals surface area (Å²) in [7, 11) is -3.90. The molecule has 0 heterocycles. The third-order valence-corrected chi connectivity index (χ3v) is 8.75. The zero-order valence-electron chi connectivity index (χ0n) is 20.9. The second-order valence-electron chi connectivity index (χ2n) is 8.83. The molecule has 5 nitrogen and oxygen atoms in total. The molecule has 0 atom stereocenters. The van der Waals surface area contributed by atoms with Gasteiger partial charge in [0, 0.05) is 12.3 Å². The molecular formula is C28H34N2O3S2. The van der Waals surface area contributed by atoms with Crippen molar-refractivity contribution in [1.82, 2.24) is 5.32 Å². The van der Waals surface area contributed by atoms with E-state index in [2.05, 4.69) is 36.5 Å². The van der Waals surface area contributed by atoms with Gasteiger partial charge in [0.1, 0.15) is 6.54 Å². The highest BCUT2D eigenvalue weighted by Gasteiger charge is 2.27. The van der Waals surface area contributed by atoms with E-state index in [1.54, 1.807) is 30.3 Å². The first-order chi connectivity index (χ1) is 16.7. The lowest BCUT2D eigenvalue weighted by molar-refractivity contribution is -0.119. The van der Waals surface area contributed by atoms with Crippen LogP contribution in [0.5, 0.6) is 0 Å². The van der Waals surface area contributed by atoms with E-state index in [1.165, 1.54) is 15.4 Å². The van der Waals surface area contributed by atoms with E-state index in [0.717, 1.165) is 34.6 Å². The summed E-state index contributed by atoms with van der Waals surface area (Å²) in [5.41, 5.74) is 6.03. The standard InChI is InChI=1S/C28H34N2O3S2/c1-21-6-11-25(12-7-21)20-34-17-5-16-29-28(31)19-30(26-13-10-23(3)24(4)18-26)35(32,33)27-14-8-22(2)9-15-27/h6-15,18H,5,16-17,19-20H2,1-4H3,(H,29,31). The number of amides is 1. The Bertz CT molecular complexity index is 1240. The fourth-order valence-corrected chi connectivity index (χ4v) is 5.83. The molecular weight excluding hydrogens is 476 g/mol. The van der Waals surface area contributed by atoms with E-state index >= 15 is 0 Å². The molecule has 0 saturated heterocycles. The van der Waals surface area contributed by atoms with Gasteiger partial charge in [0.05, 0.1) is 10.6 Å². The second kappa shape index (κ2) is 12.3. The molecule has 7 heteroatoms. The zero-order chi connectivity index (χ0) is 25.4. The molecule has 0 bridgehead atoms. The van der Waals surface area contributed by atoms with E-state index in [9.17, 15) is 13.2 Å². The molecule has 0 radical (unpaired) electrons. The average Bonchev–Trinajstić information content (AvgIpc) is 2.83. The van der Waals surface area contributed by atoms with Crippen LogP contribution < -0.4 is 9.62 Å². The Labute approximate surface area is 214 Å². The summed E-state index contributed by atoms with van der Waals surface area (Å²) in [5.74, 6) is 1.53. The Morgan fingerprint density at radius 3 is 2.11 bits per heavy atom. The summed E-state index contributed by atoms with van der Waals surface area (Å²) >= 11 is 1.82. The van der Waals surface area contributed by atoms with Gasteiger partial charge in [-0.2, -0.15) is 11.8 Å². The molecule has 186 valence electrons. The van der Waals surface area contributed by atoms with Crippen molar-refractivity contribution in [2.24, 2.45) is 0 Å². The molecule has 0 fully saturated rings. The smallest absolute Gasteiger partial charge is 0.264 e. The number of aryl methyl sites for hydroxylation is 4. The first-order valence-corrected chi connectivity index (χ1v) is 14.3. The lowest BCUT2D eigenvalue weighted by atomic mass is 10.1. The van der Waals surface area contributed by atoms with Crippen LogP contribution in [-0.2, 0) is 20.6 Å². The van der Waals surface area contributed by atoms with Gasteiger partial charge in [-0.25, -0.2) is 8.42 Å². The summed E-state index contributed by atoms with van der Waals surface area (Å²) < 4.78 is 28.2. The molecule has 0 aliphatic heterocycles. The van der Waals surface area contributed by atoms with Crippen LogP contribution in [0.25, 0.3) is 0 Å². The zero-order valence-corrected chi connectivity index (χ0v) is 22.5. The van der Waals surface area contributed by atoms with Gasteiger partial charge in [0.15, 0.2) is 0 Å². The highest BCUT2D eigenvalue weighted by molar-refractivity contribution is 7.98. The van der Waals surface area contributed by atoms with Crippen LogP contribution >= 0.6 is 11.8 Å². The van der Waals surface area contributed by atoms with Crippen LogP contribution in [0, 0.1) is 27.7 Å². The maximum Gasteiger partial charge on any atom is 0.264 e.